The molecule has 0 spiro atoms. The lowest BCUT2D eigenvalue weighted by Crippen LogP contribution is -2.05. The highest BCUT2D eigenvalue weighted by molar-refractivity contribution is 6.22. The summed E-state index contributed by atoms with van der Waals surface area (Å²) in [6.07, 6.45) is 4.62. The van der Waals surface area contributed by atoms with E-state index in [0.29, 0.717) is 0 Å². The molecule has 2 heteroatoms. The van der Waals surface area contributed by atoms with Gasteiger partial charge in [0.25, 0.3) is 0 Å². The molecule has 0 unspecified atom stereocenters. The minimum Gasteiger partial charge on any atom is -0.308 e. The minimum absolute atomic E-state index is 1.05. The lowest BCUT2D eigenvalue weighted by molar-refractivity contribution is 0.912. The SMILES string of the molecule is CC1=CC2=C(CC1)C1=C(n3c4ccccc4c4ccccc43)c3cc(C)ccc3C1=C2n1c2ccccc2c2ccccc21. The van der Waals surface area contributed by atoms with Crippen LogP contribution in [0.4, 0.5) is 0 Å². The zero-order valence-electron chi connectivity index (χ0n) is 24.9. The van der Waals surface area contributed by atoms with E-state index in [2.05, 4.69) is 144 Å². The van der Waals surface area contributed by atoms with Crippen molar-refractivity contribution in [3.8, 4) is 0 Å². The average molecular weight is 563 g/mol. The highest BCUT2D eigenvalue weighted by Gasteiger charge is 2.41. The van der Waals surface area contributed by atoms with Crippen molar-refractivity contribution in [2.24, 2.45) is 0 Å². The highest BCUT2D eigenvalue weighted by Crippen LogP contribution is 2.58. The zero-order chi connectivity index (χ0) is 29.1. The predicted octanol–water partition coefficient (Wildman–Crippen LogP) is 10.9. The molecule has 5 aromatic carbocycles. The predicted molar refractivity (Wildman–Crippen MR) is 186 cm³/mol. The monoisotopic (exact) mass is 562 g/mol. The summed E-state index contributed by atoms with van der Waals surface area (Å²) in [5.41, 5.74) is 18.8. The van der Waals surface area contributed by atoms with E-state index >= 15 is 0 Å². The van der Waals surface area contributed by atoms with E-state index in [1.54, 1.807) is 0 Å². The number of para-hydroxylation sites is 4. The van der Waals surface area contributed by atoms with Gasteiger partial charge in [0.2, 0.25) is 0 Å². The molecule has 0 aliphatic heterocycles. The van der Waals surface area contributed by atoms with Crippen LogP contribution in [-0.4, -0.2) is 9.13 Å². The van der Waals surface area contributed by atoms with Gasteiger partial charge >= 0.3 is 0 Å². The number of fused-ring (bicyclic) bond motifs is 10. The molecule has 208 valence electrons. The van der Waals surface area contributed by atoms with Crippen LogP contribution in [0, 0.1) is 6.92 Å². The molecule has 0 bridgehead atoms. The quantitative estimate of drug-likeness (QED) is 0.198. The topological polar surface area (TPSA) is 9.86 Å². The van der Waals surface area contributed by atoms with Crippen LogP contribution < -0.4 is 0 Å². The Morgan fingerprint density at radius 1 is 0.477 bits per heavy atom. The summed E-state index contributed by atoms with van der Waals surface area (Å²) in [5, 5.41) is 5.21. The van der Waals surface area contributed by atoms with Crippen molar-refractivity contribution in [2.75, 3.05) is 0 Å². The lowest BCUT2D eigenvalue weighted by Gasteiger charge is -2.20. The van der Waals surface area contributed by atoms with Gasteiger partial charge in [0.15, 0.2) is 0 Å². The molecule has 2 heterocycles. The number of hydrogen-bond acceptors (Lipinski definition) is 0. The summed E-state index contributed by atoms with van der Waals surface area (Å²) in [5.74, 6) is 0. The molecule has 44 heavy (non-hydrogen) atoms. The summed E-state index contributed by atoms with van der Waals surface area (Å²) < 4.78 is 5.13. The molecule has 0 N–H and O–H groups in total. The number of rotatable bonds is 2. The van der Waals surface area contributed by atoms with Gasteiger partial charge < -0.3 is 9.13 Å². The van der Waals surface area contributed by atoms with Crippen LogP contribution in [0.5, 0.6) is 0 Å². The molecular weight excluding hydrogens is 532 g/mol. The Hall–Kier alpha value is -5.34. The largest absolute Gasteiger partial charge is 0.308 e. The molecule has 0 fully saturated rings. The normalized spacial score (nSPS) is 16.1. The van der Waals surface area contributed by atoms with Gasteiger partial charge in [0.1, 0.15) is 0 Å². The molecule has 10 rings (SSSR count). The van der Waals surface area contributed by atoms with Crippen LogP contribution in [0.25, 0.3) is 60.6 Å². The van der Waals surface area contributed by atoms with Gasteiger partial charge in [-0.15, -0.1) is 0 Å². The zero-order valence-corrected chi connectivity index (χ0v) is 24.9. The number of nitrogens with zero attached hydrogens (tertiary/aromatic N) is 2. The Morgan fingerprint density at radius 3 is 1.52 bits per heavy atom. The van der Waals surface area contributed by atoms with E-state index in [-0.39, 0.29) is 0 Å². The molecule has 0 saturated carbocycles. The fraction of sp³-hybridized carbons (Fsp3) is 0.0952. The third-order valence-corrected chi connectivity index (χ3v) is 10.1. The molecule has 2 nitrogen and oxygen atoms in total. The van der Waals surface area contributed by atoms with Gasteiger partial charge in [0.05, 0.1) is 33.5 Å². The molecule has 3 aliphatic carbocycles. The first kappa shape index (κ1) is 24.1. The van der Waals surface area contributed by atoms with Crippen LogP contribution in [0.3, 0.4) is 0 Å². The van der Waals surface area contributed by atoms with Crippen molar-refractivity contribution in [1.82, 2.24) is 9.13 Å². The first-order valence-electron chi connectivity index (χ1n) is 15.7. The maximum absolute atomic E-state index is 2.57. The van der Waals surface area contributed by atoms with Gasteiger partial charge in [-0.25, -0.2) is 0 Å². The summed E-state index contributed by atoms with van der Waals surface area (Å²) in [6, 6.07) is 42.8. The number of aryl methyl sites for hydroxylation is 1. The van der Waals surface area contributed by atoms with Gasteiger partial charge in [-0.2, -0.15) is 0 Å². The summed E-state index contributed by atoms with van der Waals surface area (Å²) in [4.78, 5) is 0. The lowest BCUT2D eigenvalue weighted by atomic mass is 9.90. The molecule has 3 aliphatic rings. The molecule has 2 aromatic heterocycles. The molecular formula is C42H30N2. The number of hydrogen-bond donors (Lipinski definition) is 0. The Balaban J connectivity index is 1.44. The van der Waals surface area contributed by atoms with Gasteiger partial charge in [-0.3, -0.25) is 0 Å². The second-order valence-electron chi connectivity index (χ2n) is 12.6. The van der Waals surface area contributed by atoms with E-state index in [1.807, 2.05) is 0 Å². The van der Waals surface area contributed by atoms with E-state index in [4.69, 9.17) is 0 Å². The molecule has 0 saturated heterocycles. The average Bonchev–Trinajstić information content (AvgIpc) is 3.76. The smallest absolute Gasteiger partial charge is 0.0623 e. The molecule has 0 radical (unpaired) electrons. The Kier molecular flexibility index (Phi) is 4.72. The van der Waals surface area contributed by atoms with E-state index < -0.39 is 0 Å². The van der Waals surface area contributed by atoms with Crippen LogP contribution in [0.2, 0.25) is 0 Å². The Morgan fingerprint density at radius 2 is 0.977 bits per heavy atom. The summed E-state index contributed by atoms with van der Waals surface area (Å²) in [7, 11) is 0. The Bertz CT molecular complexity index is 2450. The third kappa shape index (κ3) is 3.00. The first-order valence-corrected chi connectivity index (χ1v) is 15.7. The van der Waals surface area contributed by atoms with Crippen LogP contribution in [-0.2, 0) is 0 Å². The summed E-state index contributed by atoms with van der Waals surface area (Å²) in [6.45, 7) is 4.52. The second-order valence-corrected chi connectivity index (χ2v) is 12.6. The van der Waals surface area contributed by atoms with Crippen molar-refractivity contribution in [1.29, 1.82) is 0 Å². The minimum atomic E-state index is 1.05. The fourth-order valence-electron chi connectivity index (χ4n) is 8.26. The molecule has 0 atom stereocenters. The van der Waals surface area contributed by atoms with Crippen molar-refractivity contribution >= 4 is 60.6 Å². The highest BCUT2D eigenvalue weighted by atomic mass is 15.0. The number of aromatic nitrogens is 2. The van der Waals surface area contributed by atoms with Crippen molar-refractivity contribution < 1.29 is 0 Å². The van der Waals surface area contributed by atoms with Crippen LogP contribution >= 0.6 is 0 Å². The van der Waals surface area contributed by atoms with E-state index in [1.165, 1.54) is 99.6 Å². The standard InChI is InChI=1S/C42H30N2/c1-25-19-21-31-33(23-25)41(43-35-15-7-3-11-27(35)28-12-4-8-16-36(28)43)40-32-22-20-26(2)24-34(32)42(39(31)40)44-37-17-9-5-13-29(37)30-14-6-10-18-38(30)44/h3-19,21,23-24H,20,22H2,1-2H3. The third-order valence-electron chi connectivity index (χ3n) is 10.1. The van der Waals surface area contributed by atoms with Crippen molar-refractivity contribution in [3.63, 3.8) is 0 Å². The van der Waals surface area contributed by atoms with Gasteiger partial charge in [-0.1, -0.05) is 102 Å². The number of allylic oxidation sites excluding steroid dienone is 7. The first-order chi connectivity index (χ1) is 21.7. The van der Waals surface area contributed by atoms with Crippen molar-refractivity contribution in [3.05, 3.63) is 160 Å². The van der Waals surface area contributed by atoms with E-state index in [0.717, 1.165) is 12.8 Å². The maximum atomic E-state index is 2.57. The van der Waals surface area contributed by atoms with Gasteiger partial charge in [-0.05, 0) is 68.2 Å². The molecule has 7 aromatic rings. The summed E-state index contributed by atoms with van der Waals surface area (Å²) >= 11 is 0. The van der Waals surface area contributed by atoms with Crippen molar-refractivity contribution in [2.45, 2.75) is 26.7 Å². The molecule has 0 amide bonds. The van der Waals surface area contributed by atoms with Crippen LogP contribution in [0.15, 0.2) is 144 Å². The Labute approximate surface area is 256 Å². The number of benzene rings is 5. The fourth-order valence-corrected chi connectivity index (χ4v) is 8.26. The van der Waals surface area contributed by atoms with Crippen LogP contribution in [0.1, 0.15) is 36.5 Å². The van der Waals surface area contributed by atoms with E-state index in [9.17, 15) is 0 Å². The second kappa shape index (κ2) is 8.61. The van der Waals surface area contributed by atoms with Gasteiger partial charge in [0, 0.05) is 43.8 Å². The maximum Gasteiger partial charge on any atom is 0.0623 e.